The van der Waals surface area contributed by atoms with E-state index in [-0.39, 0.29) is 0 Å². The highest BCUT2D eigenvalue weighted by atomic mass is 79.9. The molecule has 3 rings (SSSR count). The number of para-hydroxylation sites is 1. The van der Waals surface area contributed by atoms with Gasteiger partial charge in [-0.2, -0.15) is 0 Å². The number of nitrogens with zero attached hydrogens (tertiary/aromatic N) is 1. The van der Waals surface area contributed by atoms with Gasteiger partial charge in [0.2, 0.25) is 0 Å². The van der Waals surface area contributed by atoms with Crippen molar-refractivity contribution in [3.05, 3.63) is 58.2 Å². The summed E-state index contributed by atoms with van der Waals surface area (Å²) in [4.78, 5) is 4.58. The second-order valence-corrected chi connectivity index (χ2v) is 5.88. The Bertz CT molecular complexity index is 830. The number of aryl methyl sites for hydroxylation is 2. The third-order valence-corrected chi connectivity index (χ3v) is 3.98. The predicted molar refractivity (Wildman–Crippen MR) is 89.8 cm³/mol. The predicted octanol–water partition coefficient (Wildman–Crippen LogP) is 4.99. The summed E-state index contributed by atoms with van der Waals surface area (Å²) in [7, 11) is 0. The van der Waals surface area contributed by atoms with Crippen LogP contribution in [0.2, 0.25) is 0 Å². The number of halogens is 1. The van der Waals surface area contributed by atoms with E-state index in [0.717, 1.165) is 43.8 Å². The highest BCUT2D eigenvalue weighted by Crippen LogP contribution is 2.35. The fourth-order valence-electron chi connectivity index (χ4n) is 2.17. The van der Waals surface area contributed by atoms with Crippen LogP contribution in [-0.2, 0) is 0 Å². The number of nitrogens with two attached hydrogens (primary N) is 1. The number of pyridine rings is 1. The molecule has 0 aliphatic carbocycles. The van der Waals surface area contributed by atoms with Crippen molar-refractivity contribution in [2.75, 3.05) is 5.73 Å². The molecule has 3 nitrogen and oxygen atoms in total. The fourth-order valence-corrected chi connectivity index (χ4v) is 2.61. The van der Waals surface area contributed by atoms with Crippen LogP contribution in [0.5, 0.6) is 11.5 Å². The Morgan fingerprint density at radius 2 is 1.86 bits per heavy atom. The smallest absolute Gasteiger partial charge is 0.153 e. The summed E-state index contributed by atoms with van der Waals surface area (Å²) in [6, 6.07) is 13.7. The number of anilines is 1. The molecule has 2 N–H and O–H groups in total. The van der Waals surface area contributed by atoms with Gasteiger partial charge in [-0.15, -0.1) is 0 Å². The first-order valence-corrected chi connectivity index (χ1v) is 7.44. The summed E-state index contributed by atoms with van der Waals surface area (Å²) in [5, 5.41) is 1.06. The van der Waals surface area contributed by atoms with Crippen LogP contribution in [0.3, 0.4) is 0 Å². The molecule has 0 bridgehead atoms. The van der Waals surface area contributed by atoms with Gasteiger partial charge >= 0.3 is 0 Å². The van der Waals surface area contributed by atoms with Gasteiger partial charge in [0.15, 0.2) is 5.75 Å². The van der Waals surface area contributed by atoms with E-state index in [1.165, 1.54) is 0 Å². The molecule has 3 aromatic rings. The van der Waals surface area contributed by atoms with Gasteiger partial charge in [-0.1, -0.05) is 18.2 Å². The first-order valence-electron chi connectivity index (χ1n) is 6.64. The molecule has 0 saturated heterocycles. The second kappa shape index (κ2) is 5.37. The van der Waals surface area contributed by atoms with Crippen LogP contribution < -0.4 is 10.5 Å². The van der Waals surface area contributed by atoms with Crippen molar-refractivity contribution < 1.29 is 4.74 Å². The lowest BCUT2D eigenvalue weighted by molar-refractivity contribution is 0.483. The van der Waals surface area contributed by atoms with Crippen LogP contribution in [-0.4, -0.2) is 4.98 Å². The zero-order valence-corrected chi connectivity index (χ0v) is 13.4. The van der Waals surface area contributed by atoms with E-state index < -0.39 is 0 Å². The molecule has 1 heterocycles. The normalized spacial score (nSPS) is 10.8. The molecule has 0 saturated carbocycles. The topological polar surface area (TPSA) is 48.1 Å². The Labute approximate surface area is 131 Å². The maximum Gasteiger partial charge on any atom is 0.153 e. The maximum atomic E-state index is 6.05. The van der Waals surface area contributed by atoms with Crippen molar-refractivity contribution >= 4 is 32.5 Å². The van der Waals surface area contributed by atoms with Crippen LogP contribution in [0.4, 0.5) is 5.69 Å². The number of hydrogen-bond donors (Lipinski definition) is 1. The number of benzene rings is 2. The van der Waals surface area contributed by atoms with Crippen LogP contribution in [0.25, 0.3) is 10.9 Å². The molecule has 4 heteroatoms. The minimum Gasteiger partial charge on any atom is -0.454 e. The zero-order chi connectivity index (χ0) is 15.0. The molecule has 0 aliphatic heterocycles. The number of nitrogen functional groups attached to an aromatic ring is 1. The lowest BCUT2D eigenvalue weighted by atomic mass is 10.2. The lowest BCUT2D eigenvalue weighted by Gasteiger charge is -2.12. The molecule has 1 aromatic heterocycles. The minimum atomic E-state index is 0.734. The first-order chi connectivity index (χ1) is 10.0. The number of aromatic nitrogens is 1. The van der Waals surface area contributed by atoms with Gasteiger partial charge in [0.25, 0.3) is 0 Å². The molecule has 0 atom stereocenters. The van der Waals surface area contributed by atoms with E-state index in [1.807, 2.05) is 56.3 Å². The number of rotatable bonds is 2. The van der Waals surface area contributed by atoms with Gasteiger partial charge in [-0.05, 0) is 59.6 Å². The zero-order valence-electron chi connectivity index (χ0n) is 11.9. The summed E-state index contributed by atoms with van der Waals surface area (Å²) in [5.74, 6) is 1.47. The molecule has 0 radical (unpaired) electrons. The van der Waals surface area contributed by atoms with Crippen molar-refractivity contribution in [1.29, 1.82) is 0 Å². The molecule has 2 aromatic carbocycles. The summed E-state index contributed by atoms with van der Waals surface area (Å²) in [5.41, 5.74) is 9.44. The SMILES string of the molecule is Cc1ccc2cccc(Oc3cc(C)c(N)cc3Br)c2n1. The molecular formula is C17H15BrN2O. The second-order valence-electron chi connectivity index (χ2n) is 5.02. The fraction of sp³-hybridized carbons (Fsp3) is 0.118. The van der Waals surface area contributed by atoms with E-state index >= 15 is 0 Å². The molecule has 106 valence electrons. The summed E-state index contributed by atoms with van der Waals surface area (Å²) in [6.07, 6.45) is 0. The average Bonchev–Trinajstić information content (AvgIpc) is 2.45. The van der Waals surface area contributed by atoms with E-state index in [2.05, 4.69) is 20.9 Å². The quantitative estimate of drug-likeness (QED) is 0.667. The third kappa shape index (κ3) is 2.72. The van der Waals surface area contributed by atoms with Gasteiger partial charge in [-0.25, -0.2) is 4.98 Å². The Morgan fingerprint density at radius 3 is 2.67 bits per heavy atom. The Morgan fingerprint density at radius 1 is 1.05 bits per heavy atom. The highest BCUT2D eigenvalue weighted by Gasteiger charge is 2.09. The van der Waals surface area contributed by atoms with Gasteiger partial charge in [0.05, 0.1) is 4.47 Å². The van der Waals surface area contributed by atoms with Gasteiger partial charge in [0, 0.05) is 16.8 Å². The molecule has 0 aliphatic rings. The monoisotopic (exact) mass is 342 g/mol. The third-order valence-electron chi connectivity index (χ3n) is 3.36. The molecule has 0 fully saturated rings. The highest BCUT2D eigenvalue weighted by molar-refractivity contribution is 9.10. The minimum absolute atomic E-state index is 0.734. The van der Waals surface area contributed by atoms with Crippen molar-refractivity contribution in [2.45, 2.75) is 13.8 Å². The van der Waals surface area contributed by atoms with Crippen molar-refractivity contribution in [3.8, 4) is 11.5 Å². The van der Waals surface area contributed by atoms with E-state index in [0.29, 0.717) is 0 Å². The number of ether oxygens (including phenoxy) is 1. The van der Waals surface area contributed by atoms with Crippen molar-refractivity contribution in [3.63, 3.8) is 0 Å². The Balaban J connectivity index is 2.10. The van der Waals surface area contributed by atoms with Crippen LogP contribution in [0, 0.1) is 13.8 Å². The Kier molecular flexibility index (Phi) is 3.55. The molecule has 21 heavy (non-hydrogen) atoms. The number of fused-ring (bicyclic) bond motifs is 1. The van der Waals surface area contributed by atoms with Crippen LogP contribution >= 0.6 is 15.9 Å². The standard InChI is InChI=1S/C17H15BrN2O/c1-10-8-16(13(18)9-14(10)19)21-15-5-3-4-12-7-6-11(2)20-17(12)15/h3-9H,19H2,1-2H3. The summed E-state index contributed by atoms with van der Waals surface area (Å²) in [6.45, 7) is 3.93. The van der Waals surface area contributed by atoms with E-state index in [4.69, 9.17) is 10.5 Å². The van der Waals surface area contributed by atoms with Crippen LogP contribution in [0.15, 0.2) is 46.9 Å². The van der Waals surface area contributed by atoms with Crippen LogP contribution in [0.1, 0.15) is 11.3 Å². The molecule has 0 spiro atoms. The van der Waals surface area contributed by atoms with E-state index in [9.17, 15) is 0 Å². The van der Waals surface area contributed by atoms with E-state index in [1.54, 1.807) is 0 Å². The average molecular weight is 343 g/mol. The molecule has 0 amide bonds. The summed E-state index contributed by atoms with van der Waals surface area (Å²) >= 11 is 3.49. The van der Waals surface area contributed by atoms with Crippen molar-refractivity contribution in [2.24, 2.45) is 0 Å². The van der Waals surface area contributed by atoms with Crippen molar-refractivity contribution in [1.82, 2.24) is 4.98 Å². The Hall–Kier alpha value is -2.07. The largest absolute Gasteiger partial charge is 0.454 e. The molecule has 0 unspecified atom stereocenters. The lowest BCUT2D eigenvalue weighted by Crippen LogP contribution is -1.94. The van der Waals surface area contributed by atoms with Gasteiger partial charge in [-0.3, -0.25) is 0 Å². The van der Waals surface area contributed by atoms with Gasteiger partial charge in [0.1, 0.15) is 11.3 Å². The summed E-state index contributed by atoms with van der Waals surface area (Å²) < 4.78 is 6.88. The number of hydrogen-bond acceptors (Lipinski definition) is 3. The molecular weight excluding hydrogens is 328 g/mol. The first kappa shape index (κ1) is 13.9. The maximum absolute atomic E-state index is 6.05. The van der Waals surface area contributed by atoms with Gasteiger partial charge < -0.3 is 10.5 Å².